The van der Waals surface area contributed by atoms with Crippen molar-refractivity contribution in [1.29, 1.82) is 0 Å². The Balaban J connectivity index is 2.79. The number of amides is 1. The minimum atomic E-state index is -0.541. The summed E-state index contributed by atoms with van der Waals surface area (Å²) >= 11 is 3.35. The second kappa shape index (κ2) is 8.67. The maximum Gasteiger partial charge on any atom is 0.407 e. The van der Waals surface area contributed by atoms with Crippen molar-refractivity contribution in [2.45, 2.75) is 38.8 Å². The summed E-state index contributed by atoms with van der Waals surface area (Å²) in [6, 6.07) is 6.88. The predicted molar refractivity (Wildman–Crippen MR) is 82.9 cm³/mol. The number of halogens is 1. The molecule has 2 atom stereocenters. The largest absolute Gasteiger partial charge is 0.469 e. The van der Waals surface area contributed by atoms with E-state index in [2.05, 4.69) is 26.0 Å². The van der Waals surface area contributed by atoms with Gasteiger partial charge < -0.3 is 14.8 Å². The topological polar surface area (TPSA) is 64.6 Å². The molecule has 0 bridgehead atoms. The van der Waals surface area contributed by atoms with Crippen molar-refractivity contribution >= 4 is 28.0 Å². The van der Waals surface area contributed by atoms with Gasteiger partial charge in [-0.05, 0) is 31.0 Å². The smallest absolute Gasteiger partial charge is 0.407 e. The number of carbonyl (C=O) groups is 2. The zero-order valence-corrected chi connectivity index (χ0v) is 14.0. The first-order valence-electron chi connectivity index (χ1n) is 6.75. The van der Waals surface area contributed by atoms with Crippen LogP contribution >= 0.6 is 15.9 Å². The van der Waals surface area contributed by atoms with Crippen LogP contribution in [0.1, 0.15) is 38.3 Å². The van der Waals surface area contributed by atoms with Gasteiger partial charge >= 0.3 is 12.1 Å². The van der Waals surface area contributed by atoms with Crippen molar-refractivity contribution in [3.8, 4) is 0 Å². The van der Waals surface area contributed by atoms with Crippen LogP contribution in [0.5, 0.6) is 0 Å². The van der Waals surface area contributed by atoms with E-state index in [-0.39, 0.29) is 12.5 Å². The molecule has 21 heavy (non-hydrogen) atoms. The zero-order valence-electron chi connectivity index (χ0n) is 12.4. The molecule has 116 valence electrons. The number of nitrogens with one attached hydrogen (secondary N) is 1. The van der Waals surface area contributed by atoms with Crippen molar-refractivity contribution in [3.05, 3.63) is 34.3 Å². The second-order valence-electron chi connectivity index (χ2n) is 4.65. The number of rotatable bonds is 6. The molecule has 1 aromatic rings. The van der Waals surface area contributed by atoms with Gasteiger partial charge in [0.1, 0.15) is 6.10 Å². The third kappa shape index (κ3) is 6.16. The van der Waals surface area contributed by atoms with Gasteiger partial charge in [0.2, 0.25) is 0 Å². The van der Waals surface area contributed by atoms with E-state index >= 15 is 0 Å². The molecular weight excluding hydrogens is 338 g/mol. The molecule has 1 rings (SSSR count). The Hall–Kier alpha value is -1.56. The van der Waals surface area contributed by atoms with E-state index in [1.54, 1.807) is 0 Å². The molecule has 5 nitrogen and oxygen atoms in total. The van der Waals surface area contributed by atoms with Gasteiger partial charge in [0, 0.05) is 4.47 Å². The standard InChI is InChI=1S/C15H20BrNO4/c1-4-10(2)21-15(19)17-13(9-14(18)20-3)11-5-7-12(16)8-6-11/h5-8,10,13H,4,9H2,1-3H3,(H,17,19)/t10?,13-/m0/s1. The lowest BCUT2D eigenvalue weighted by molar-refractivity contribution is -0.141. The van der Waals surface area contributed by atoms with Gasteiger partial charge in [0.25, 0.3) is 0 Å². The Kier molecular flexibility index (Phi) is 7.22. The quantitative estimate of drug-likeness (QED) is 0.790. The molecule has 6 heteroatoms. The lowest BCUT2D eigenvalue weighted by Gasteiger charge is -2.19. The van der Waals surface area contributed by atoms with Gasteiger partial charge in [0.15, 0.2) is 0 Å². The number of hydrogen-bond donors (Lipinski definition) is 1. The molecule has 0 aromatic heterocycles. The minimum Gasteiger partial charge on any atom is -0.469 e. The first-order chi connectivity index (χ1) is 9.96. The Morgan fingerprint density at radius 3 is 2.43 bits per heavy atom. The molecule has 0 aliphatic heterocycles. The van der Waals surface area contributed by atoms with Crippen LogP contribution in [0.4, 0.5) is 4.79 Å². The molecule has 0 saturated heterocycles. The molecule has 1 N–H and O–H groups in total. The molecule has 0 fully saturated rings. The SMILES string of the molecule is CCC(C)OC(=O)N[C@@H](CC(=O)OC)c1ccc(Br)cc1. The number of benzene rings is 1. The Bertz CT molecular complexity index is 475. The summed E-state index contributed by atoms with van der Waals surface area (Å²) in [5.74, 6) is -0.397. The van der Waals surface area contributed by atoms with E-state index in [9.17, 15) is 9.59 Å². The van der Waals surface area contributed by atoms with Gasteiger partial charge in [-0.3, -0.25) is 4.79 Å². The second-order valence-corrected chi connectivity index (χ2v) is 5.57. The summed E-state index contributed by atoms with van der Waals surface area (Å²) in [5, 5.41) is 2.71. The van der Waals surface area contributed by atoms with Crippen LogP contribution in [-0.4, -0.2) is 25.3 Å². The maximum atomic E-state index is 11.8. The van der Waals surface area contributed by atoms with Crippen LogP contribution in [0.3, 0.4) is 0 Å². The molecule has 1 aromatic carbocycles. The monoisotopic (exact) mass is 357 g/mol. The van der Waals surface area contributed by atoms with Gasteiger partial charge in [-0.1, -0.05) is 35.0 Å². The normalized spacial score (nSPS) is 13.1. The fourth-order valence-electron chi connectivity index (χ4n) is 1.64. The van der Waals surface area contributed by atoms with Crippen molar-refractivity contribution in [2.24, 2.45) is 0 Å². The highest BCUT2D eigenvalue weighted by Gasteiger charge is 2.20. The first kappa shape index (κ1) is 17.5. The van der Waals surface area contributed by atoms with Crippen molar-refractivity contribution in [3.63, 3.8) is 0 Å². The highest BCUT2D eigenvalue weighted by molar-refractivity contribution is 9.10. The Morgan fingerprint density at radius 1 is 1.29 bits per heavy atom. The van der Waals surface area contributed by atoms with Gasteiger partial charge in [-0.25, -0.2) is 4.79 Å². The average molecular weight is 358 g/mol. The number of esters is 1. The summed E-state index contributed by atoms with van der Waals surface area (Å²) < 4.78 is 10.8. The number of methoxy groups -OCH3 is 1. The fourth-order valence-corrected chi connectivity index (χ4v) is 1.90. The molecule has 0 heterocycles. The van der Waals surface area contributed by atoms with Crippen LogP contribution in [-0.2, 0) is 14.3 Å². The van der Waals surface area contributed by atoms with Gasteiger partial charge in [-0.15, -0.1) is 0 Å². The highest BCUT2D eigenvalue weighted by Crippen LogP contribution is 2.20. The third-order valence-electron chi connectivity index (χ3n) is 3.05. The maximum absolute atomic E-state index is 11.8. The summed E-state index contributed by atoms with van der Waals surface area (Å²) in [6.07, 6.45) is 0.0658. The number of ether oxygens (including phenoxy) is 2. The Labute approximate surface area is 133 Å². The summed E-state index contributed by atoms with van der Waals surface area (Å²) in [5.41, 5.74) is 0.810. The van der Waals surface area contributed by atoms with Crippen LogP contribution in [0.15, 0.2) is 28.7 Å². The van der Waals surface area contributed by atoms with Crippen molar-refractivity contribution in [1.82, 2.24) is 5.32 Å². The van der Waals surface area contributed by atoms with Crippen LogP contribution < -0.4 is 5.32 Å². The number of hydrogen-bond acceptors (Lipinski definition) is 4. The molecule has 0 aliphatic rings. The number of carbonyl (C=O) groups excluding carboxylic acids is 2. The average Bonchev–Trinajstić information content (AvgIpc) is 2.46. The summed E-state index contributed by atoms with van der Waals surface area (Å²) in [7, 11) is 1.32. The van der Waals surface area contributed by atoms with Crippen LogP contribution in [0, 0.1) is 0 Å². The van der Waals surface area contributed by atoms with E-state index in [1.165, 1.54) is 7.11 Å². The summed E-state index contributed by atoms with van der Waals surface area (Å²) in [4.78, 5) is 23.3. The first-order valence-corrected chi connectivity index (χ1v) is 7.55. The van der Waals surface area contributed by atoms with Crippen molar-refractivity contribution < 1.29 is 19.1 Å². The molecule has 1 unspecified atom stereocenters. The van der Waals surface area contributed by atoms with E-state index < -0.39 is 18.1 Å². The Morgan fingerprint density at radius 2 is 1.90 bits per heavy atom. The minimum absolute atomic E-state index is 0.0493. The predicted octanol–water partition coefficient (Wildman–Crippen LogP) is 3.58. The molecule has 0 aliphatic carbocycles. The molecule has 1 amide bonds. The highest BCUT2D eigenvalue weighted by atomic mass is 79.9. The lowest BCUT2D eigenvalue weighted by Crippen LogP contribution is -2.32. The van der Waals surface area contributed by atoms with E-state index in [4.69, 9.17) is 4.74 Å². The van der Waals surface area contributed by atoms with Gasteiger partial charge in [0.05, 0.1) is 19.6 Å². The van der Waals surface area contributed by atoms with Crippen LogP contribution in [0.2, 0.25) is 0 Å². The van der Waals surface area contributed by atoms with Crippen molar-refractivity contribution in [2.75, 3.05) is 7.11 Å². The fraction of sp³-hybridized carbons (Fsp3) is 0.467. The molecule has 0 radical (unpaired) electrons. The van der Waals surface area contributed by atoms with E-state index in [0.717, 1.165) is 16.5 Å². The zero-order chi connectivity index (χ0) is 15.8. The molecular formula is C15H20BrNO4. The van der Waals surface area contributed by atoms with E-state index in [0.29, 0.717) is 0 Å². The van der Waals surface area contributed by atoms with Gasteiger partial charge in [-0.2, -0.15) is 0 Å². The lowest BCUT2D eigenvalue weighted by atomic mass is 10.0. The third-order valence-corrected chi connectivity index (χ3v) is 3.57. The molecule has 0 spiro atoms. The molecule has 0 saturated carbocycles. The van der Waals surface area contributed by atoms with Crippen LogP contribution in [0.25, 0.3) is 0 Å². The summed E-state index contributed by atoms with van der Waals surface area (Å²) in [6.45, 7) is 3.74. The van der Waals surface area contributed by atoms with E-state index in [1.807, 2.05) is 38.1 Å². The number of alkyl carbamates (subject to hydrolysis) is 1.